The topological polar surface area (TPSA) is 64.1 Å². The quantitative estimate of drug-likeness (QED) is 0.618. The molecule has 2 atom stereocenters. The average molecular weight is 301 g/mol. The number of halogens is 2. The lowest BCUT2D eigenvalue weighted by atomic mass is 9.91. The summed E-state index contributed by atoms with van der Waals surface area (Å²) in [6, 6.07) is 2.01. The van der Waals surface area contributed by atoms with Crippen molar-refractivity contribution in [3.05, 3.63) is 29.6 Å². The summed E-state index contributed by atoms with van der Waals surface area (Å²) in [5.74, 6) is -3.10. The minimum Gasteiger partial charge on any atom is -0.294 e. The van der Waals surface area contributed by atoms with E-state index >= 15 is 0 Å². The summed E-state index contributed by atoms with van der Waals surface area (Å²) in [4.78, 5) is 15.3. The van der Waals surface area contributed by atoms with Crippen LogP contribution in [0.25, 0.3) is 0 Å². The van der Waals surface area contributed by atoms with Gasteiger partial charge in [-0.25, -0.2) is 8.42 Å². The summed E-state index contributed by atoms with van der Waals surface area (Å²) in [7, 11) is -3.12. The van der Waals surface area contributed by atoms with E-state index in [1.165, 1.54) is 0 Å². The van der Waals surface area contributed by atoms with E-state index in [1.807, 2.05) is 0 Å². The Hall–Kier alpha value is -1.37. The van der Waals surface area contributed by atoms with Crippen LogP contribution in [0.15, 0.2) is 12.1 Å². The van der Waals surface area contributed by atoms with Crippen molar-refractivity contribution in [2.75, 3.05) is 0 Å². The Labute approximate surface area is 115 Å². The summed E-state index contributed by atoms with van der Waals surface area (Å²) in [6.07, 6.45) is 1.60. The maximum atomic E-state index is 13.5. The lowest BCUT2D eigenvalue weighted by Crippen LogP contribution is -2.36. The molecule has 0 radical (unpaired) electrons. The van der Waals surface area contributed by atoms with Crippen molar-refractivity contribution in [1.29, 1.82) is 0 Å². The van der Waals surface area contributed by atoms with Crippen LogP contribution < -0.4 is 0 Å². The molecule has 20 heavy (non-hydrogen) atoms. The lowest BCUT2D eigenvalue weighted by molar-refractivity contribution is 0.0900. The zero-order valence-corrected chi connectivity index (χ0v) is 11.4. The van der Waals surface area contributed by atoms with E-state index in [1.54, 1.807) is 0 Å². The molecule has 4 nitrogen and oxygen atoms in total. The van der Waals surface area contributed by atoms with E-state index in [-0.39, 0.29) is 18.4 Å². The molecule has 0 N–H and O–H groups in total. The van der Waals surface area contributed by atoms with Gasteiger partial charge in [-0.15, -0.1) is 0 Å². The molecule has 0 aromatic carbocycles. The first-order valence-electron chi connectivity index (χ1n) is 6.48. The Morgan fingerprint density at radius 2 is 1.75 bits per heavy atom. The molecular formula is C13H13F2NO3S. The van der Waals surface area contributed by atoms with E-state index < -0.39 is 43.9 Å². The summed E-state index contributed by atoms with van der Waals surface area (Å²) in [6.45, 7) is 0. The smallest absolute Gasteiger partial charge is 0.226 e. The first-order chi connectivity index (χ1) is 9.39. The molecule has 108 valence electrons. The van der Waals surface area contributed by atoms with Crippen molar-refractivity contribution in [2.45, 2.75) is 36.2 Å². The third-order valence-electron chi connectivity index (χ3n) is 4.29. The Morgan fingerprint density at radius 3 is 2.30 bits per heavy atom. The molecule has 2 unspecified atom stereocenters. The summed E-state index contributed by atoms with van der Waals surface area (Å²) >= 11 is 0. The van der Waals surface area contributed by atoms with E-state index in [2.05, 4.69) is 4.98 Å². The molecule has 3 rings (SSSR count). The number of rotatable bonds is 2. The van der Waals surface area contributed by atoms with Crippen molar-refractivity contribution in [3.63, 3.8) is 0 Å². The normalized spacial score (nSPS) is 31.2. The molecular weight excluding hydrogens is 288 g/mol. The number of nitrogens with zero attached hydrogens (tertiary/aromatic N) is 1. The molecule has 2 saturated heterocycles. The predicted octanol–water partition coefficient (Wildman–Crippen LogP) is 1.90. The lowest BCUT2D eigenvalue weighted by Gasteiger charge is -2.26. The molecule has 2 aliphatic heterocycles. The van der Waals surface area contributed by atoms with Gasteiger partial charge in [0.05, 0.1) is 16.1 Å². The molecule has 3 heterocycles. The van der Waals surface area contributed by atoms with Crippen LogP contribution in [0, 0.1) is 17.8 Å². The first-order valence-corrected chi connectivity index (χ1v) is 8.09. The first kappa shape index (κ1) is 13.6. The monoisotopic (exact) mass is 301 g/mol. The van der Waals surface area contributed by atoms with Gasteiger partial charge in [0.25, 0.3) is 0 Å². The highest BCUT2D eigenvalue weighted by atomic mass is 32.2. The minimum atomic E-state index is -3.12. The Bertz CT molecular complexity index is 654. The van der Waals surface area contributed by atoms with Gasteiger partial charge in [0.15, 0.2) is 15.6 Å². The highest BCUT2D eigenvalue weighted by molar-refractivity contribution is 7.93. The highest BCUT2D eigenvalue weighted by Crippen LogP contribution is 2.42. The van der Waals surface area contributed by atoms with Crippen LogP contribution in [0.1, 0.15) is 36.0 Å². The highest BCUT2D eigenvalue weighted by Gasteiger charge is 2.48. The number of aromatic nitrogens is 1. The number of carbonyl (C=O) groups excluding carboxylic acids is 1. The fourth-order valence-electron chi connectivity index (χ4n) is 3.24. The maximum absolute atomic E-state index is 13.5. The molecule has 1 aromatic rings. The molecule has 0 saturated carbocycles. The fraction of sp³-hybridized carbons (Fsp3) is 0.538. The summed E-state index contributed by atoms with van der Waals surface area (Å²) in [5, 5.41) is -0.988. The molecule has 2 aliphatic rings. The third-order valence-corrected chi connectivity index (χ3v) is 7.00. The van der Waals surface area contributed by atoms with E-state index in [0.29, 0.717) is 12.8 Å². The second-order valence-electron chi connectivity index (χ2n) is 5.42. The van der Waals surface area contributed by atoms with E-state index in [0.717, 1.165) is 12.1 Å². The van der Waals surface area contributed by atoms with Gasteiger partial charge in [-0.1, -0.05) is 0 Å². The number of sulfone groups is 1. The predicted molar refractivity (Wildman–Crippen MR) is 66.9 cm³/mol. The van der Waals surface area contributed by atoms with Gasteiger partial charge in [-0.2, -0.15) is 13.8 Å². The van der Waals surface area contributed by atoms with Crippen molar-refractivity contribution >= 4 is 15.6 Å². The molecule has 0 amide bonds. The van der Waals surface area contributed by atoms with Crippen molar-refractivity contribution in [2.24, 2.45) is 5.92 Å². The zero-order chi connectivity index (χ0) is 14.5. The Morgan fingerprint density at radius 1 is 1.15 bits per heavy atom. The SMILES string of the molecule is O=C(c1ccc(F)nc1F)C1CC2CCC(C1)S2(=O)=O. The number of hydrogen-bond donors (Lipinski definition) is 0. The number of fused-ring (bicyclic) bond motifs is 2. The van der Waals surface area contributed by atoms with E-state index in [9.17, 15) is 22.0 Å². The Balaban J connectivity index is 1.86. The van der Waals surface area contributed by atoms with Crippen molar-refractivity contribution < 1.29 is 22.0 Å². The van der Waals surface area contributed by atoms with E-state index in [4.69, 9.17) is 0 Å². The minimum absolute atomic E-state index is 0.231. The van der Waals surface area contributed by atoms with Crippen LogP contribution >= 0.6 is 0 Å². The van der Waals surface area contributed by atoms with Crippen molar-refractivity contribution in [3.8, 4) is 0 Å². The van der Waals surface area contributed by atoms with Gasteiger partial charge in [0.1, 0.15) is 0 Å². The third kappa shape index (κ3) is 2.04. The van der Waals surface area contributed by atoms with Gasteiger partial charge in [-0.05, 0) is 37.8 Å². The Kier molecular flexibility index (Phi) is 3.12. The number of Topliss-reactive ketones (excluding diaryl/α,β-unsaturated/α-hetero) is 1. The van der Waals surface area contributed by atoms with Gasteiger partial charge >= 0.3 is 0 Å². The zero-order valence-electron chi connectivity index (χ0n) is 10.6. The molecule has 2 bridgehead atoms. The number of pyridine rings is 1. The van der Waals surface area contributed by atoms with Crippen LogP contribution in [0.2, 0.25) is 0 Å². The number of ketones is 1. The second kappa shape index (κ2) is 4.58. The van der Waals surface area contributed by atoms with Crippen LogP contribution in [-0.4, -0.2) is 29.7 Å². The molecule has 2 fully saturated rings. The average Bonchev–Trinajstić information content (AvgIpc) is 2.57. The number of hydrogen-bond acceptors (Lipinski definition) is 4. The van der Waals surface area contributed by atoms with Crippen LogP contribution in [0.4, 0.5) is 8.78 Å². The summed E-state index contributed by atoms with van der Waals surface area (Å²) < 4.78 is 50.2. The molecule has 0 aliphatic carbocycles. The van der Waals surface area contributed by atoms with Crippen LogP contribution in [0.5, 0.6) is 0 Å². The fourth-order valence-corrected chi connectivity index (χ4v) is 5.71. The van der Waals surface area contributed by atoms with Crippen LogP contribution in [0.3, 0.4) is 0 Å². The van der Waals surface area contributed by atoms with Gasteiger partial charge in [0.2, 0.25) is 11.9 Å². The van der Waals surface area contributed by atoms with Gasteiger partial charge in [-0.3, -0.25) is 4.79 Å². The van der Waals surface area contributed by atoms with Crippen LogP contribution in [-0.2, 0) is 9.84 Å². The van der Waals surface area contributed by atoms with Gasteiger partial charge in [0, 0.05) is 5.92 Å². The summed E-state index contributed by atoms with van der Waals surface area (Å²) in [5.41, 5.74) is -0.255. The maximum Gasteiger partial charge on any atom is 0.226 e. The molecule has 1 aromatic heterocycles. The largest absolute Gasteiger partial charge is 0.294 e. The molecule has 7 heteroatoms. The van der Waals surface area contributed by atoms with Crippen molar-refractivity contribution in [1.82, 2.24) is 4.98 Å². The second-order valence-corrected chi connectivity index (χ2v) is 7.93. The molecule has 0 spiro atoms. The standard InChI is InChI=1S/C13H13F2NO3S/c14-11-4-3-10(13(15)16-11)12(17)7-5-8-1-2-9(6-7)20(8,18)19/h3-4,7-9H,1-2,5-6H2. The number of carbonyl (C=O) groups is 1. The van der Waals surface area contributed by atoms with Gasteiger partial charge < -0.3 is 0 Å².